The Labute approximate surface area is 121 Å². The molecule has 108 valence electrons. The number of hydrogen-bond acceptors (Lipinski definition) is 2. The van der Waals surface area contributed by atoms with E-state index in [1.165, 1.54) is 7.05 Å². The molecule has 1 N–H and O–H groups in total. The summed E-state index contributed by atoms with van der Waals surface area (Å²) in [6.07, 6.45) is 2.77. The summed E-state index contributed by atoms with van der Waals surface area (Å²) < 4.78 is 2.24. The minimum atomic E-state index is -0.348. The number of nitriles is 1. The normalized spacial score (nSPS) is 11.6. The number of likely N-dealkylation sites (N-methyl/N-ethyl adjacent to an activating group) is 1. The second kappa shape index (κ2) is 6.95. The summed E-state index contributed by atoms with van der Waals surface area (Å²) in [5.41, 5.74) is 3.33. The van der Waals surface area contributed by atoms with Gasteiger partial charge in [0.25, 0.3) is 5.91 Å². The largest absolute Gasteiger partial charge is 0.354 e. The smallest absolute Gasteiger partial charge is 0.261 e. The molecule has 0 aliphatic rings. The van der Waals surface area contributed by atoms with E-state index in [9.17, 15) is 4.79 Å². The molecule has 0 saturated heterocycles. The standard InChI is InChI=1S/C16H23N3O/c1-11(2)6-7-19-12(3)8-14(13(19)4)9-15(10-17)16(20)18-5/h8-9,11H,6-7H2,1-5H3,(H,18,20). The summed E-state index contributed by atoms with van der Waals surface area (Å²) in [5, 5.41) is 11.5. The molecule has 0 unspecified atom stereocenters. The Hall–Kier alpha value is -2.02. The predicted octanol–water partition coefficient (Wildman–Crippen LogP) is 2.80. The highest BCUT2D eigenvalue weighted by Gasteiger charge is 2.11. The van der Waals surface area contributed by atoms with Crippen molar-refractivity contribution in [2.45, 2.75) is 40.7 Å². The first-order valence-electron chi connectivity index (χ1n) is 6.91. The first-order valence-corrected chi connectivity index (χ1v) is 6.91. The van der Waals surface area contributed by atoms with Crippen molar-refractivity contribution in [2.24, 2.45) is 5.92 Å². The molecule has 0 aliphatic carbocycles. The lowest BCUT2D eigenvalue weighted by atomic mass is 10.1. The lowest BCUT2D eigenvalue weighted by Gasteiger charge is -2.11. The minimum absolute atomic E-state index is 0.136. The Balaban J connectivity index is 3.10. The maximum atomic E-state index is 11.6. The molecular weight excluding hydrogens is 250 g/mol. The van der Waals surface area contributed by atoms with Crippen LogP contribution in [0.2, 0.25) is 0 Å². The molecule has 1 aromatic heterocycles. The van der Waals surface area contributed by atoms with E-state index in [1.54, 1.807) is 6.08 Å². The fraction of sp³-hybridized carbons (Fsp3) is 0.500. The van der Waals surface area contributed by atoms with E-state index in [0.29, 0.717) is 5.92 Å². The van der Waals surface area contributed by atoms with Gasteiger partial charge in [0, 0.05) is 25.0 Å². The third-order valence-electron chi connectivity index (χ3n) is 3.43. The molecule has 0 fully saturated rings. The topological polar surface area (TPSA) is 57.8 Å². The van der Waals surface area contributed by atoms with Crippen molar-refractivity contribution < 1.29 is 4.79 Å². The molecule has 0 aliphatic heterocycles. The van der Waals surface area contributed by atoms with Crippen molar-refractivity contribution in [1.82, 2.24) is 9.88 Å². The molecule has 0 saturated carbocycles. The summed E-state index contributed by atoms with van der Waals surface area (Å²) in [6, 6.07) is 3.97. The molecular formula is C16H23N3O. The highest BCUT2D eigenvalue weighted by atomic mass is 16.1. The molecule has 0 atom stereocenters. The zero-order valence-corrected chi connectivity index (χ0v) is 12.9. The summed E-state index contributed by atoms with van der Waals surface area (Å²) in [5.74, 6) is 0.301. The van der Waals surface area contributed by atoms with Gasteiger partial charge in [-0.25, -0.2) is 0 Å². The van der Waals surface area contributed by atoms with E-state index in [1.807, 2.05) is 19.1 Å². The van der Waals surface area contributed by atoms with Crippen LogP contribution in [-0.2, 0) is 11.3 Å². The molecule has 0 bridgehead atoms. The molecule has 0 radical (unpaired) electrons. The van der Waals surface area contributed by atoms with Gasteiger partial charge < -0.3 is 9.88 Å². The first-order chi connectivity index (χ1) is 9.40. The lowest BCUT2D eigenvalue weighted by Crippen LogP contribution is -2.19. The molecule has 0 aromatic carbocycles. The second-order valence-electron chi connectivity index (χ2n) is 5.41. The van der Waals surface area contributed by atoms with Gasteiger partial charge >= 0.3 is 0 Å². The molecule has 1 amide bonds. The number of rotatable bonds is 5. The number of nitrogens with zero attached hydrogens (tertiary/aromatic N) is 2. The van der Waals surface area contributed by atoms with Gasteiger partial charge in [-0.05, 0) is 43.9 Å². The van der Waals surface area contributed by atoms with Crippen LogP contribution >= 0.6 is 0 Å². The molecule has 4 heteroatoms. The second-order valence-corrected chi connectivity index (χ2v) is 5.41. The van der Waals surface area contributed by atoms with Crippen LogP contribution in [0.5, 0.6) is 0 Å². The van der Waals surface area contributed by atoms with Crippen LogP contribution in [-0.4, -0.2) is 17.5 Å². The van der Waals surface area contributed by atoms with E-state index < -0.39 is 0 Å². The minimum Gasteiger partial charge on any atom is -0.354 e. The van der Waals surface area contributed by atoms with Gasteiger partial charge in [0.05, 0.1) is 0 Å². The number of carbonyl (C=O) groups is 1. The van der Waals surface area contributed by atoms with Gasteiger partial charge in [-0.2, -0.15) is 5.26 Å². The fourth-order valence-electron chi connectivity index (χ4n) is 2.14. The van der Waals surface area contributed by atoms with Crippen molar-refractivity contribution in [1.29, 1.82) is 5.26 Å². The van der Waals surface area contributed by atoms with Gasteiger partial charge in [-0.15, -0.1) is 0 Å². The van der Waals surface area contributed by atoms with Crippen LogP contribution < -0.4 is 5.32 Å². The van der Waals surface area contributed by atoms with Crippen LogP contribution in [0.15, 0.2) is 11.6 Å². The van der Waals surface area contributed by atoms with Crippen LogP contribution in [0.3, 0.4) is 0 Å². The van der Waals surface area contributed by atoms with Crippen LogP contribution in [0.25, 0.3) is 6.08 Å². The van der Waals surface area contributed by atoms with E-state index in [4.69, 9.17) is 5.26 Å². The lowest BCUT2D eigenvalue weighted by molar-refractivity contribution is -0.116. The highest BCUT2D eigenvalue weighted by Crippen LogP contribution is 2.19. The predicted molar refractivity (Wildman–Crippen MR) is 81.0 cm³/mol. The Bertz CT molecular complexity index is 559. The van der Waals surface area contributed by atoms with Crippen LogP contribution in [0.1, 0.15) is 37.2 Å². The van der Waals surface area contributed by atoms with Crippen molar-refractivity contribution in [3.63, 3.8) is 0 Å². The van der Waals surface area contributed by atoms with Crippen molar-refractivity contribution in [3.05, 3.63) is 28.6 Å². The molecule has 1 heterocycles. The molecule has 20 heavy (non-hydrogen) atoms. The summed E-state index contributed by atoms with van der Waals surface area (Å²) in [6.45, 7) is 9.45. The summed E-state index contributed by atoms with van der Waals surface area (Å²) in [7, 11) is 1.53. The third kappa shape index (κ3) is 3.74. The van der Waals surface area contributed by atoms with Gasteiger partial charge in [-0.3, -0.25) is 4.79 Å². The van der Waals surface area contributed by atoms with E-state index in [0.717, 1.165) is 29.9 Å². The molecule has 4 nitrogen and oxygen atoms in total. The van der Waals surface area contributed by atoms with Gasteiger partial charge in [0.2, 0.25) is 0 Å². The van der Waals surface area contributed by atoms with Gasteiger partial charge in [0.15, 0.2) is 0 Å². The Kier molecular flexibility index (Phi) is 5.57. The summed E-state index contributed by atoms with van der Waals surface area (Å²) >= 11 is 0. The molecule has 0 spiro atoms. The van der Waals surface area contributed by atoms with Gasteiger partial charge in [0.1, 0.15) is 11.6 Å². The van der Waals surface area contributed by atoms with E-state index in [2.05, 4.69) is 30.7 Å². The number of amides is 1. The van der Waals surface area contributed by atoms with E-state index >= 15 is 0 Å². The fourth-order valence-corrected chi connectivity index (χ4v) is 2.14. The van der Waals surface area contributed by atoms with Crippen molar-refractivity contribution >= 4 is 12.0 Å². The maximum absolute atomic E-state index is 11.6. The first kappa shape index (κ1) is 16.0. The highest BCUT2D eigenvalue weighted by molar-refractivity contribution is 6.01. The van der Waals surface area contributed by atoms with Crippen molar-refractivity contribution in [2.75, 3.05) is 7.05 Å². The third-order valence-corrected chi connectivity index (χ3v) is 3.43. The van der Waals surface area contributed by atoms with Crippen LogP contribution in [0.4, 0.5) is 0 Å². The average Bonchev–Trinajstić information content (AvgIpc) is 2.67. The van der Waals surface area contributed by atoms with E-state index in [-0.39, 0.29) is 11.5 Å². The Morgan fingerprint density at radius 2 is 2.15 bits per heavy atom. The number of carbonyl (C=O) groups excluding carboxylic acids is 1. The quantitative estimate of drug-likeness (QED) is 0.662. The Morgan fingerprint density at radius 1 is 1.50 bits per heavy atom. The molecule has 1 rings (SSSR count). The monoisotopic (exact) mass is 273 g/mol. The van der Waals surface area contributed by atoms with Crippen LogP contribution in [0, 0.1) is 31.1 Å². The van der Waals surface area contributed by atoms with Gasteiger partial charge in [-0.1, -0.05) is 13.8 Å². The van der Waals surface area contributed by atoms with Crippen molar-refractivity contribution in [3.8, 4) is 6.07 Å². The number of hydrogen-bond donors (Lipinski definition) is 1. The zero-order valence-electron chi connectivity index (χ0n) is 12.9. The maximum Gasteiger partial charge on any atom is 0.261 e. The SMILES string of the molecule is CNC(=O)C(C#N)=Cc1cc(C)n(CCC(C)C)c1C. The number of aromatic nitrogens is 1. The summed E-state index contributed by atoms with van der Waals surface area (Å²) in [4.78, 5) is 11.6. The number of nitrogens with one attached hydrogen (secondary N) is 1. The molecule has 1 aromatic rings. The number of aryl methyl sites for hydroxylation is 1. The average molecular weight is 273 g/mol. The Morgan fingerprint density at radius 3 is 2.65 bits per heavy atom. The zero-order chi connectivity index (χ0) is 15.3.